The number of nitrogens with zero attached hydrogens (tertiary/aromatic N) is 1. The Balaban J connectivity index is 0.00000144. The molecule has 1 aromatic rings. The van der Waals surface area contributed by atoms with Gasteiger partial charge in [-0.1, -0.05) is 29.8 Å². The first-order valence-corrected chi connectivity index (χ1v) is 5.57. The van der Waals surface area contributed by atoms with Crippen molar-refractivity contribution in [3.05, 3.63) is 29.8 Å². The van der Waals surface area contributed by atoms with Crippen LogP contribution in [0.3, 0.4) is 0 Å². The van der Waals surface area contributed by atoms with Gasteiger partial charge in [-0.3, -0.25) is 4.90 Å². The van der Waals surface area contributed by atoms with Gasteiger partial charge in [0.25, 0.3) is 0 Å². The van der Waals surface area contributed by atoms with Crippen LogP contribution < -0.4 is 56.8 Å². The summed E-state index contributed by atoms with van der Waals surface area (Å²) < 4.78 is 38.3. The molecule has 1 nitrogen and oxygen atoms in total. The Labute approximate surface area is 142 Å². The molecule has 1 saturated heterocycles. The molecule has 0 radical (unpaired) electrons. The Morgan fingerprint density at radius 3 is 2.24 bits per heavy atom. The minimum Gasteiger partial charge on any atom is -0.445 e. The van der Waals surface area contributed by atoms with Crippen LogP contribution in [-0.2, 0) is 6.54 Å². The van der Waals surface area contributed by atoms with E-state index in [4.69, 9.17) is 0 Å². The van der Waals surface area contributed by atoms with Crippen molar-refractivity contribution in [2.45, 2.75) is 19.4 Å². The first kappa shape index (κ1) is 15.7. The SMILES string of the molecule is F[B-](F)(F)c1ccccc1CN1CCCC1.[K+]. The summed E-state index contributed by atoms with van der Waals surface area (Å²) in [5.41, 5.74) is -0.0219. The molecule has 0 atom stereocenters. The second-order valence-corrected chi connectivity index (χ2v) is 4.26. The van der Waals surface area contributed by atoms with Gasteiger partial charge in [-0.2, -0.15) is 0 Å². The quantitative estimate of drug-likeness (QED) is 0.657. The molecular weight excluding hydrogens is 253 g/mol. The van der Waals surface area contributed by atoms with Crippen LogP contribution in [0.15, 0.2) is 24.3 Å². The minimum absolute atomic E-state index is 0. The number of hydrogen-bond acceptors (Lipinski definition) is 1. The molecule has 1 heterocycles. The molecule has 0 N–H and O–H groups in total. The van der Waals surface area contributed by atoms with Crippen molar-refractivity contribution in [2.75, 3.05) is 13.1 Å². The molecule has 88 valence electrons. The standard InChI is InChI=1S/C11H14BF3N.K/c13-12(14,15)11-6-2-1-5-10(11)9-16-7-3-4-8-16;/h1-2,5-6H,3-4,7-9H2;/q-1;+1. The van der Waals surface area contributed by atoms with Crippen molar-refractivity contribution in [3.63, 3.8) is 0 Å². The van der Waals surface area contributed by atoms with Crippen LogP contribution >= 0.6 is 0 Å². The molecule has 0 aliphatic carbocycles. The molecular formula is C11H14BF3KN. The van der Waals surface area contributed by atoms with Gasteiger partial charge in [-0.05, 0) is 25.9 Å². The molecule has 1 aliphatic heterocycles. The average Bonchev–Trinajstić information content (AvgIpc) is 2.70. The smallest absolute Gasteiger partial charge is 0.445 e. The van der Waals surface area contributed by atoms with Crippen molar-refractivity contribution in [1.29, 1.82) is 0 Å². The van der Waals surface area contributed by atoms with Gasteiger partial charge in [0, 0.05) is 6.54 Å². The van der Waals surface area contributed by atoms with Gasteiger partial charge in [0.15, 0.2) is 0 Å². The zero-order valence-corrected chi connectivity index (χ0v) is 13.1. The fourth-order valence-electron chi connectivity index (χ4n) is 2.18. The van der Waals surface area contributed by atoms with Crippen LogP contribution in [0.4, 0.5) is 12.9 Å². The molecule has 1 fully saturated rings. The van der Waals surface area contributed by atoms with Crippen LogP contribution in [-0.4, -0.2) is 25.0 Å². The Bertz CT molecular complexity index is 364. The summed E-state index contributed by atoms with van der Waals surface area (Å²) in [6, 6.07) is 5.91. The Kier molecular flexibility index (Phi) is 6.22. The first-order chi connectivity index (χ1) is 7.57. The zero-order valence-electron chi connectivity index (χ0n) is 10.0. The van der Waals surface area contributed by atoms with E-state index in [9.17, 15) is 12.9 Å². The van der Waals surface area contributed by atoms with Crippen molar-refractivity contribution in [3.8, 4) is 0 Å². The number of rotatable bonds is 3. The summed E-state index contributed by atoms with van der Waals surface area (Å²) >= 11 is 0. The van der Waals surface area contributed by atoms with Crippen molar-refractivity contribution >= 4 is 12.4 Å². The predicted octanol–water partition coefficient (Wildman–Crippen LogP) is -0.659. The van der Waals surface area contributed by atoms with Crippen molar-refractivity contribution in [1.82, 2.24) is 4.90 Å². The summed E-state index contributed by atoms with van der Waals surface area (Å²) in [6.07, 6.45) is 2.19. The van der Waals surface area contributed by atoms with Crippen molar-refractivity contribution in [2.24, 2.45) is 0 Å². The van der Waals surface area contributed by atoms with Crippen LogP contribution in [0.1, 0.15) is 18.4 Å². The third-order valence-corrected chi connectivity index (χ3v) is 3.00. The van der Waals surface area contributed by atoms with E-state index in [1.807, 2.05) is 0 Å². The third-order valence-electron chi connectivity index (χ3n) is 3.00. The van der Waals surface area contributed by atoms with Gasteiger partial charge in [0.1, 0.15) is 0 Å². The van der Waals surface area contributed by atoms with Gasteiger partial charge in [0.2, 0.25) is 0 Å². The van der Waals surface area contributed by atoms with Gasteiger partial charge >= 0.3 is 58.4 Å². The topological polar surface area (TPSA) is 3.24 Å². The van der Waals surface area contributed by atoms with E-state index in [0.717, 1.165) is 25.9 Å². The number of halogens is 3. The maximum atomic E-state index is 12.8. The molecule has 1 aliphatic rings. The Morgan fingerprint density at radius 1 is 1.06 bits per heavy atom. The van der Waals surface area contributed by atoms with Crippen LogP contribution in [0.2, 0.25) is 0 Å². The molecule has 1 aromatic carbocycles. The monoisotopic (exact) mass is 267 g/mol. The van der Waals surface area contributed by atoms with E-state index >= 15 is 0 Å². The predicted molar refractivity (Wildman–Crippen MR) is 59.7 cm³/mol. The molecule has 0 aromatic heterocycles. The Hall–Kier alpha value is 0.671. The van der Waals surface area contributed by atoms with E-state index in [2.05, 4.69) is 4.90 Å². The fourth-order valence-corrected chi connectivity index (χ4v) is 2.18. The maximum absolute atomic E-state index is 12.8. The molecule has 0 unspecified atom stereocenters. The Morgan fingerprint density at radius 2 is 1.65 bits per heavy atom. The summed E-state index contributed by atoms with van der Waals surface area (Å²) in [6.45, 7) is -2.63. The average molecular weight is 267 g/mol. The summed E-state index contributed by atoms with van der Waals surface area (Å²) in [5, 5.41) is 0. The fraction of sp³-hybridized carbons (Fsp3) is 0.455. The first-order valence-electron chi connectivity index (χ1n) is 5.57. The van der Waals surface area contributed by atoms with Gasteiger partial charge in [-0.15, -0.1) is 5.46 Å². The summed E-state index contributed by atoms with van der Waals surface area (Å²) in [5.74, 6) is 0. The normalized spacial score (nSPS) is 16.9. The number of hydrogen-bond donors (Lipinski definition) is 0. The molecule has 2 rings (SSSR count). The van der Waals surface area contributed by atoms with E-state index in [-0.39, 0.29) is 51.4 Å². The molecule has 0 bridgehead atoms. The number of likely N-dealkylation sites (tertiary alicyclic amines) is 1. The molecule has 17 heavy (non-hydrogen) atoms. The minimum atomic E-state index is -4.89. The van der Waals surface area contributed by atoms with E-state index in [1.54, 1.807) is 12.1 Å². The number of benzene rings is 1. The summed E-state index contributed by atoms with van der Waals surface area (Å²) in [4.78, 5) is 2.08. The maximum Gasteiger partial charge on any atom is 1.00 e. The van der Waals surface area contributed by atoms with Crippen LogP contribution in [0, 0.1) is 0 Å². The van der Waals surface area contributed by atoms with Gasteiger partial charge in [0.05, 0.1) is 0 Å². The van der Waals surface area contributed by atoms with E-state index in [0.29, 0.717) is 12.1 Å². The molecule has 0 saturated carbocycles. The van der Waals surface area contributed by atoms with Crippen molar-refractivity contribution < 1.29 is 64.3 Å². The third kappa shape index (κ3) is 4.37. The summed E-state index contributed by atoms with van der Waals surface area (Å²) in [7, 11) is 0. The van der Waals surface area contributed by atoms with Crippen LogP contribution in [0.25, 0.3) is 0 Å². The van der Waals surface area contributed by atoms with Gasteiger partial charge in [-0.25, -0.2) is 0 Å². The van der Waals surface area contributed by atoms with Gasteiger partial charge < -0.3 is 12.9 Å². The van der Waals surface area contributed by atoms with E-state index < -0.39 is 12.4 Å². The van der Waals surface area contributed by atoms with E-state index in [1.165, 1.54) is 12.1 Å². The largest absolute Gasteiger partial charge is 1.00 e. The second kappa shape index (κ2) is 6.73. The molecule has 0 amide bonds. The second-order valence-electron chi connectivity index (χ2n) is 4.26. The molecule has 0 spiro atoms. The zero-order chi connectivity index (χ0) is 11.6. The molecule has 6 heteroatoms. The van der Waals surface area contributed by atoms with Crippen LogP contribution in [0.5, 0.6) is 0 Å².